The molecule has 0 saturated carbocycles. The Bertz CT molecular complexity index is 183. The van der Waals surface area contributed by atoms with Crippen LogP contribution in [0.2, 0.25) is 0 Å². The molecular weight excluding hydrogens is 231 g/mol. The van der Waals surface area contributed by atoms with E-state index >= 15 is 0 Å². The van der Waals surface area contributed by atoms with Crippen LogP contribution in [0.1, 0.15) is 5.76 Å². The molecule has 2 nitrogen and oxygen atoms in total. The summed E-state index contributed by atoms with van der Waals surface area (Å²) in [6.07, 6.45) is 0. The molecule has 0 amide bonds. The van der Waals surface area contributed by atoms with Crippen molar-refractivity contribution in [3.8, 4) is 0 Å². The van der Waals surface area contributed by atoms with Crippen LogP contribution in [-0.2, 0) is 11.3 Å². The minimum absolute atomic E-state index is 0.559. The molecule has 0 aliphatic heterocycles. The van der Waals surface area contributed by atoms with Crippen molar-refractivity contribution in [2.45, 2.75) is 6.61 Å². The Labute approximate surface area is 67.3 Å². The third-order valence-electron chi connectivity index (χ3n) is 0.915. The second-order valence-electron chi connectivity index (χ2n) is 1.64. The molecule has 50 valence electrons. The van der Waals surface area contributed by atoms with Crippen LogP contribution in [-0.4, -0.2) is 7.11 Å². The number of hydrogen-bond acceptors (Lipinski definition) is 2. The maximum absolute atomic E-state index is 5.19. The van der Waals surface area contributed by atoms with Crippen molar-refractivity contribution in [3.63, 3.8) is 0 Å². The highest BCUT2D eigenvalue weighted by molar-refractivity contribution is 14.1. The van der Waals surface area contributed by atoms with Crippen LogP contribution in [0.25, 0.3) is 0 Å². The molecular formula is C6H7IO2. The quantitative estimate of drug-likeness (QED) is 0.735. The Hall–Kier alpha value is -0.0300. The predicted octanol–water partition coefficient (Wildman–Crippen LogP) is 2.03. The lowest BCUT2D eigenvalue weighted by Gasteiger charge is -1.89. The summed E-state index contributed by atoms with van der Waals surface area (Å²) in [5.41, 5.74) is 0. The first-order chi connectivity index (χ1) is 4.33. The normalized spacial score (nSPS) is 10.0. The smallest absolute Gasteiger partial charge is 0.164 e. The highest BCUT2D eigenvalue weighted by atomic mass is 127. The van der Waals surface area contributed by atoms with Crippen molar-refractivity contribution in [3.05, 3.63) is 21.7 Å². The van der Waals surface area contributed by atoms with Gasteiger partial charge in [-0.15, -0.1) is 0 Å². The Morgan fingerprint density at radius 3 is 2.89 bits per heavy atom. The van der Waals surface area contributed by atoms with E-state index in [1.54, 1.807) is 7.11 Å². The summed E-state index contributed by atoms with van der Waals surface area (Å²) in [4.78, 5) is 0. The van der Waals surface area contributed by atoms with E-state index in [1.165, 1.54) is 0 Å². The van der Waals surface area contributed by atoms with Crippen molar-refractivity contribution in [2.24, 2.45) is 0 Å². The fourth-order valence-electron chi connectivity index (χ4n) is 0.572. The van der Waals surface area contributed by atoms with Gasteiger partial charge in [-0.1, -0.05) is 0 Å². The van der Waals surface area contributed by atoms with E-state index < -0.39 is 0 Å². The third kappa shape index (κ3) is 1.98. The fraction of sp³-hybridized carbons (Fsp3) is 0.333. The first-order valence-corrected chi connectivity index (χ1v) is 3.64. The number of ether oxygens (including phenoxy) is 1. The average Bonchev–Trinajstić information content (AvgIpc) is 2.17. The zero-order valence-electron chi connectivity index (χ0n) is 5.06. The lowest BCUT2D eigenvalue weighted by Crippen LogP contribution is -1.81. The molecule has 0 aromatic carbocycles. The van der Waals surface area contributed by atoms with Crippen LogP contribution in [0.15, 0.2) is 16.5 Å². The molecule has 0 spiro atoms. The largest absolute Gasteiger partial charge is 0.453 e. The topological polar surface area (TPSA) is 22.4 Å². The number of furan rings is 1. The molecule has 1 aromatic rings. The van der Waals surface area contributed by atoms with E-state index in [4.69, 9.17) is 9.15 Å². The molecule has 0 unspecified atom stereocenters. The molecule has 1 heterocycles. The van der Waals surface area contributed by atoms with Gasteiger partial charge in [0.15, 0.2) is 3.77 Å². The molecule has 0 aliphatic carbocycles. The van der Waals surface area contributed by atoms with Gasteiger partial charge in [0, 0.05) is 7.11 Å². The van der Waals surface area contributed by atoms with Crippen LogP contribution in [0.4, 0.5) is 0 Å². The molecule has 1 aromatic heterocycles. The van der Waals surface area contributed by atoms with Gasteiger partial charge in [-0.25, -0.2) is 0 Å². The molecule has 0 saturated heterocycles. The predicted molar refractivity (Wildman–Crippen MR) is 42.1 cm³/mol. The van der Waals surface area contributed by atoms with Crippen molar-refractivity contribution in [1.29, 1.82) is 0 Å². The SMILES string of the molecule is COCc1ccc(I)o1. The van der Waals surface area contributed by atoms with Crippen LogP contribution in [0.3, 0.4) is 0 Å². The van der Waals surface area contributed by atoms with Crippen molar-refractivity contribution in [1.82, 2.24) is 0 Å². The first kappa shape index (κ1) is 7.08. The van der Waals surface area contributed by atoms with Gasteiger partial charge in [0.05, 0.1) is 0 Å². The molecule has 0 bridgehead atoms. The highest BCUT2D eigenvalue weighted by Crippen LogP contribution is 2.10. The van der Waals surface area contributed by atoms with Gasteiger partial charge >= 0.3 is 0 Å². The maximum Gasteiger partial charge on any atom is 0.164 e. The van der Waals surface area contributed by atoms with Gasteiger partial charge in [0.1, 0.15) is 12.4 Å². The van der Waals surface area contributed by atoms with E-state index in [1.807, 2.05) is 12.1 Å². The average molecular weight is 238 g/mol. The zero-order valence-corrected chi connectivity index (χ0v) is 7.21. The van der Waals surface area contributed by atoms with E-state index in [0.29, 0.717) is 6.61 Å². The molecule has 0 N–H and O–H groups in total. The molecule has 0 radical (unpaired) electrons. The van der Waals surface area contributed by atoms with Crippen molar-refractivity contribution < 1.29 is 9.15 Å². The summed E-state index contributed by atoms with van der Waals surface area (Å²) >= 11 is 2.12. The van der Waals surface area contributed by atoms with Crippen molar-refractivity contribution >= 4 is 22.6 Å². The van der Waals surface area contributed by atoms with Crippen LogP contribution in [0, 0.1) is 3.77 Å². The first-order valence-electron chi connectivity index (χ1n) is 2.56. The summed E-state index contributed by atoms with van der Waals surface area (Å²) in [7, 11) is 1.65. The Balaban J connectivity index is 2.61. The minimum atomic E-state index is 0.559. The minimum Gasteiger partial charge on any atom is -0.453 e. The Morgan fingerprint density at radius 1 is 1.67 bits per heavy atom. The number of halogens is 1. The van der Waals surface area contributed by atoms with E-state index in [0.717, 1.165) is 9.53 Å². The lowest BCUT2D eigenvalue weighted by molar-refractivity contribution is 0.163. The monoisotopic (exact) mass is 238 g/mol. The van der Waals surface area contributed by atoms with Gasteiger partial charge in [0.2, 0.25) is 0 Å². The second kappa shape index (κ2) is 3.22. The fourth-order valence-corrected chi connectivity index (χ4v) is 1.03. The van der Waals surface area contributed by atoms with E-state index in [9.17, 15) is 0 Å². The van der Waals surface area contributed by atoms with Gasteiger partial charge in [0.25, 0.3) is 0 Å². The summed E-state index contributed by atoms with van der Waals surface area (Å²) < 4.78 is 10.9. The van der Waals surface area contributed by atoms with Crippen LogP contribution in [0.5, 0.6) is 0 Å². The van der Waals surface area contributed by atoms with Gasteiger partial charge in [-0.05, 0) is 34.7 Å². The molecule has 9 heavy (non-hydrogen) atoms. The standard InChI is InChI=1S/C6H7IO2/c1-8-4-5-2-3-6(7)9-5/h2-3H,4H2,1H3. The molecule has 0 aliphatic rings. The Kier molecular flexibility index (Phi) is 2.53. The summed E-state index contributed by atoms with van der Waals surface area (Å²) in [6.45, 7) is 0.559. The molecule has 0 atom stereocenters. The second-order valence-corrected chi connectivity index (χ2v) is 2.70. The van der Waals surface area contributed by atoms with E-state index in [2.05, 4.69) is 22.6 Å². The molecule has 3 heteroatoms. The number of hydrogen-bond donors (Lipinski definition) is 0. The lowest BCUT2D eigenvalue weighted by atomic mass is 10.5. The summed E-state index contributed by atoms with van der Waals surface area (Å²) in [5, 5.41) is 0. The molecule has 0 fully saturated rings. The highest BCUT2D eigenvalue weighted by Gasteiger charge is 1.95. The van der Waals surface area contributed by atoms with Gasteiger partial charge < -0.3 is 9.15 Å². The van der Waals surface area contributed by atoms with Crippen LogP contribution < -0.4 is 0 Å². The maximum atomic E-state index is 5.19. The summed E-state index contributed by atoms with van der Waals surface area (Å²) in [5.74, 6) is 0.877. The number of rotatable bonds is 2. The van der Waals surface area contributed by atoms with Gasteiger partial charge in [-0.3, -0.25) is 0 Å². The third-order valence-corrected chi connectivity index (χ3v) is 1.50. The number of methoxy groups -OCH3 is 1. The zero-order chi connectivity index (χ0) is 6.69. The molecule has 1 rings (SSSR count). The summed E-state index contributed by atoms with van der Waals surface area (Å²) in [6, 6.07) is 3.82. The Morgan fingerprint density at radius 2 is 2.44 bits per heavy atom. The van der Waals surface area contributed by atoms with Crippen molar-refractivity contribution in [2.75, 3.05) is 7.11 Å². The van der Waals surface area contributed by atoms with E-state index in [-0.39, 0.29) is 0 Å². The van der Waals surface area contributed by atoms with Crippen LogP contribution >= 0.6 is 22.6 Å². The van der Waals surface area contributed by atoms with Gasteiger partial charge in [-0.2, -0.15) is 0 Å².